The highest BCUT2D eigenvalue weighted by Gasteiger charge is 2.14. The van der Waals surface area contributed by atoms with E-state index in [1.807, 2.05) is 13.0 Å². The summed E-state index contributed by atoms with van der Waals surface area (Å²) in [6.07, 6.45) is 0. The maximum atomic E-state index is 12.4. The predicted octanol–water partition coefficient (Wildman–Crippen LogP) is 4.63. The highest BCUT2D eigenvalue weighted by atomic mass is 35.5. The highest BCUT2D eigenvalue weighted by molar-refractivity contribution is 6.35. The van der Waals surface area contributed by atoms with Crippen LogP contribution >= 0.6 is 23.2 Å². The number of carbonyl (C=O) groups excluding carboxylic acids is 1. The van der Waals surface area contributed by atoms with Gasteiger partial charge in [0.05, 0.1) is 0 Å². The molecule has 0 aliphatic heterocycles. The lowest BCUT2D eigenvalue weighted by Gasteiger charge is -2.22. The van der Waals surface area contributed by atoms with Gasteiger partial charge >= 0.3 is 6.03 Å². The van der Waals surface area contributed by atoms with Gasteiger partial charge in [-0.15, -0.1) is 0 Å². The van der Waals surface area contributed by atoms with Gasteiger partial charge in [-0.1, -0.05) is 29.3 Å². The van der Waals surface area contributed by atoms with Gasteiger partial charge in [0.1, 0.15) is 0 Å². The van der Waals surface area contributed by atoms with Crippen LogP contribution in [-0.4, -0.2) is 12.6 Å². The number of hydrogen-bond acceptors (Lipinski definition) is 2. The highest BCUT2D eigenvalue weighted by Crippen LogP contribution is 2.24. The van der Waals surface area contributed by atoms with Crippen LogP contribution in [0.5, 0.6) is 0 Å². The smallest absolute Gasteiger partial charge is 0.326 e. The number of amides is 2. The Bertz CT molecular complexity index is 641. The van der Waals surface area contributed by atoms with Crippen molar-refractivity contribution >= 4 is 46.3 Å². The summed E-state index contributed by atoms with van der Waals surface area (Å²) in [4.78, 5) is 13.9. The molecule has 6 heteroatoms. The van der Waals surface area contributed by atoms with E-state index in [9.17, 15) is 4.79 Å². The maximum Gasteiger partial charge on any atom is 0.326 e. The van der Waals surface area contributed by atoms with E-state index in [-0.39, 0.29) is 6.03 Å². The molecule has 2 aromatic carbocycles. The van der Waals surface area contributed by atoms with Crippen molar-refractivity contribution in [2.75, 3.05) is 22.5 Å². The van der Waals surface area contributed by atoms with Gasteiger partial charge in [0, 0.05) is 33.7 Å². The molecule has 0 fully saturated rings. The van der Waals surface area contributed by atoms with Gasteiger partial charge in [-0.05, 0) is 43.3 Å². The summed E-state index contributed by atoms with van der Waals surface area (Å²) < 4.78 is 0. The van der Waals surface area contributed by atoms with E-state index in [2.05, 4.69) is 5.32 Å². The number of hydrogen-bond donors (Lipinski definition) is 2. The van der Waals surface area contributed by atoms with E-state index >= 15 is 0 Å². The molecule has 0 aliphatic carbocycles. The van der Waals surface area contributed by atoms with Crippen LogP contribution in [0.4, 0.5) is 21.9 Å². The summed E-state index contributed by atoms with van der Waals surface area (Å²) in [6.45, 7) is 2.39. The number of carbonyl (C=O) groups is 1. The normalized spacial score (nSPS) is 10.2. The van der Waals surface area contributed by atoms with Crippen molar-refractivity contribution in [3.8, 4) is 0 Å². The first-order valence-electron chi connectivity index (χ1n) is 6.39. The lowest BCUT2D eigenvalue weighted by Crippen LogP contribution is -2.34. The number of nitrogens with one attached hydrogen (secondary N) is 1. The molecule has 2 amide bonds. The van der Waals surface area contributed by atoms with Gasteiger partial charge in [0.25, 0.3) is 0 Å². The molecule has 0 aromatic heterocycles. The van der Waals surface area contributed by atoms with Crippen molar-refractivity contribution < 1.29 is 4.79 Å². The number of benzene rings is 2. The Morgan fingerprint density at radius 2 is 1.86 bits per heavy atom. The molecule has 0 unspecified atom stereocenters. The average Bonchev–Trinajstić information content (AvgIpc) is 2.38. The van der Waals surface area contributed by atoms with Crippen molar-refractivity contribution in [2.24, 2.45) is 0 Å². The fourth-order valence-corrected chi connectivity index (χ4v) is 2.48. The molecule has 0 saturated carbocycles. The zero-order chi connectivity index (χ0) is 15.4. The molecule has 0 atom stereocenters. The third kappa shape index (κ3) is 4.03. The maximum absolute atomic E-state index is 12.4. The van der Waals surface area contributed by atoms with Crippen LogP contribution in [0.1, 0.15) is 6.92 Å². The van der Waals surface area contributed by atoms with Gasteiger partial charge in [0.15, 0.2) is 0 Å². The van der Waals surface area contributed by atoms with Gasteiger partial charge in [0.2, 0.25) is 0 Å². The van der Waals surface area contributed by atoms with Crippen LogP contribution in [0.2, 0.25) is 10.0 Å². The fourth-order valence-electron chi connectivity index (χ4n) is 1.95. The third-order valence-electron chi connectivity index (χ3n) is 2.86. The van der Waals surface area contributed by atoms with Crippen LogP contribution in [0.25, 0.3) is 0 Å². The first-order chi connectivity index (χ1) is 9.99. The number of nitrogens with zero attached hydrogens (tertiary/aromatic N) is 1. The van der Waals surface area contributed by atoms with Gasteiger partial charge in [-0.2, -0.15) is 0 Å². The van der Waals surface area contributed by atoms with Crippen LogP contribution < -0.4 is 16.0 Å². The van der Waals surface area contributed by atoms with Gasteiger partial charge in [-0.3, -0.25) is 4.90 Å². The quantitative estimate of drug-likeness (QED) is 0.809. The second-order valence-electron chi connectivity index (χ2n) is 4.43. The van der Waals surface area contributed by atoms with Crippen LogP contribution in [-0.2, 0) is 0 Å². The Morgan fingerprint density at radius 3 is 2.43 bits per heavy atom. The van der Waals surface area contributed by atoms with E-state index in [4.69, 9.17) is 28.9 Å². The van der Waals surface area contributed by atoms with Crippen molar-refractivity contribution in [1.82, 2.24) is 0 Å². The second-order valence-corrected chi connectivity index (χ2v) is 5.30. The Kier molecular flexibility index (Phi) is 4.94. The summed E-state index contributed by atoms with van der Waals surface area (Å²) >= 11 is 11.8. The Morgan fingerprint density at radius 1 is 1.19 bits per heavy atom. The van der Waals surface area contributed by atoms with Crippen LogP contribution in [0.3, 0.4) is 0 Å². The molecule has 0 bridgehead atoms. The minimum atomic E-state index is -0.276. The lowest BCUT2D eigenvalue weighted by molar-refractivity contribution is 0.257. The first kappa shape index (κ1) is 15.5. The molecule has 2 rings (SSSR count). The molecule has 4 nitrogen and oxygen atoms in total. The zero-order valence-electron chi connectivity index (χ0n) is 11.4. The molecule has 2 aromatic rings. The van der Waals surface area contributed by atoms with E-state index < -0.39 is 0 Å². The summed E-state index contributed by atoms with van der Waals surface area (Å²) in [5.41, 5.74) is 7.62. The van der Waals surface area contributed by atoms with Crippen molar-refractivity contribution in [3.63, 3.8) is 0 Å². The predicted molar refractivity (Wildman–Crippen MR) is 89.4 cm³/mol. The number of anilines is 3. The summed E-state index contributed by atoms with van der Waals surface area (Å²) in [5, 5.41) is 3.70. The number of halogens is 2. The third-order valence-corrected chi connectivity index (χ3v) is 3.29. The molecule has 21 heavy (non-hydrogen) atoms. The number of rotatable bonds is 3. The van der Waals surface area contributed by atoms with Crippen molar-refractivity contribution in [1.29, 1.82) is 0 Å². The zero-order valence-corrected chi connectivity index (χ0v) is 12.9. The fraction of sp³-hybridized carbons (Fsp3) is 0.133. The van der Waals surface area contributed by atoms with Crippen LogP contribution in [0, 0.1) is 0 Å². The Hall–Kier alpha value is -1.91. The van der Waals surface area contributed by atoms with Gasteiger partial charge < -0.3 is 11.1 Å². The molecular formula is C15H15Cl2N3O. The number of nitrogens with two attached hydrogens (primary N) is 1. The average molecular weight is 324 g/mol. The Labute approximate surface area is 133 Å². The minimum Gasteiger partial charge on any atom is -0.399 e. The van der Waals surface area contributed by atoms with E-state index in [1.165, 1.54) is 0 Å². The minimum absolute atomic E-state index is 0.276. The number of nitrogen functional groups attached to an aromatic ring is 1. The second kappa shape index (κ2) is 6.70. The molecular weight excluding hydrogens is 309 g/mol. The molecule has 3 N–H and O–H groups in total. The lowest BCUT2D eigenvalue weighted by atomic mass is 10.2. The van der Waals surface area contributed by atoms with Crippen molar-refractivity contribution in [2.45, 2.75) is 6.92 Å². The van der Waals surface area contributed by atoms with Gasteiger partial charge in [-0.25, -0.2) is 4.79 Å². The number of urea groups is 1. The van der Waals surface area contributed by atoms with E-state index in [0.717, 1.165) is 5.69 Å². The molecule has 0 heterocycles. The Balaban J connectivity index is 2.21. The summed E-state index contributed by atoms with van der Waals surface area (Å²) in [7, 11) is 0. The summed E-state index contributed by atoms with van der Waals surface area (Å²) in [6, 6.07) is 11.7. The molecule has 0 aliphatic rings. The van der Waals surface area contributed by atoms with E-state index in [1.54, 1.807) is 41.3 Å². The molecule has 0 spiro atoms. The molecule has 110 valence electrons. The largest absolute Gasteiger partial charge is 0.399 e. The van der Waals surface area contributed by atoms with Crippen LogP contribution in [0.15, 0.2) is 42.5 Å². The first-order valence-corrected chi connectivity index (χ1v) is 7.15. The molecule has 0 radical (unpaired) electrons. The monoisotopic (exact) mass is 323 g/mol. The summed E-state index contributed by atoms with van der Waals surface area (Å²) in [5.74, 6) is 0. The molecule has 0 saturated heterocycles. The van der Waals surface area contributed by atoms with Crippen molar-refractivity contribution in [3.05, 3.63) is 52.5 Å². The van der Waals surface area contributed by atoms with E-state index in [0.29, 0.717) is 28.0 Å². The topological polar surface area (TPSA) is 58.4 Å². The SMILES string of the molecule is CCN(C(=O)Nc1cc(Cl)cc(Cl)c1)c1cccc(N)c1. The standard InChI is InChI=1S/C15H15Cl2N3O/c1-2-20(14-5-3-4-12(18)9-14)15(21)19-13-7-10(16)6-11(17)8-13/h3-9H,2,18H2,1H3,(H,19,21).